The molecule has 0 N–H and O–H groups in total. The van der Waals surface area contributed by atoms with Gasteiger partial charge in [0.2, 0.25) is 0 Å². The molecule has 1 aliphatic heterocycles. The van der Waals surface area contributed by atoms with Gasteiger partial charge in [-0.3, -0.25) is 9.36 Å². The van der Waals surface area contributed by atoms with Gasteiger partial charge >= 0.3 is 5.97 Å². The first-order valence-corrected chi connectivity index (χ1v) is 13.4. The maximum atomic E-state index is 13.8. The van der Waals surface area contributed by atoms with Gasteiger partial charge in [0.1, 0.15) is 12.1 Å². The quantitative estimate of drug-likeness (QED) is 0.284. The molecule has 2 aromatic carbocycles. The van der Waals surface area contributed by atoms with Crippen LogP contribution in [0.2, 0.25) is 5.02 Å². The van der Waals surface area contributed by atoms with Crippen LogP contribution in [0.5, 0.6) is 11.5 Å². The van der Waals surface area contributed by atoms with Gasteiger partial charge in [-0.05, 0) is 66.3 Å². The van der Waals surface area contributed by atoms with Crippen molar-refractivity contribution in [3.8, 4) is 17.6 Å². The molecule has 0 aliphatic carbocycles. The zero-order valence-corrected chi connectivity index (χ0v) is 23.8. The first kappa shape index (κ1) is 26.9. The number of carbonyl (C=O) groups is 1. The van der Waals surface area contributed by atoms with Crippen molar-refractivity contribution in [3.63, 3.8) is 0 Å². The van der Waals surface area contributed by atoms with E-state index in [1.54, 1.807) is 50.3 Å². The minimum Gasteiger partial charge on any atom is -0.493 e. The van der Waals surface area contributed by atoms with Crippen LogP contribution in [-0.4, -0.2) is 30.9 Å². The van der Waals surface area contributed by atoms with Crippen LogP contribution in [0.15, 0.2) is 57.5 Å². The molecular formula is C26H21ClIN3O5S. The predicted octanol–water partition coefficient (Wildman–Crippen LogP) is 3.97. The van der Waals surface area contributed by atoms with E-state index in [-0.39, 0.29) is 24.3 Å². The summed E-state index contributed by atoms with van der Waals surface area (Å²) in [6.45, 7) is 3.42. The van der Waals surface area contributed by atoms with E-state index in [1.165, 1.54) is 23.0 Å². The Morgan fingerprint density at radius 1 is 1.35 bits per heavy atom. The molecule has 0 fully saturated rings. The topological polar surface area (TPSA) is 103 Å². The number of rotatable bonds is 7. The normalized spacial score (nSPS) is 15.0. The van der Waals surface area contributed by atoms with E-state index in [9.17, 15) is 9.59 Å². The number of allylic oxidation sites excluding steroid dienone is 1. The Bertz CT molecular complexity index is 1640. The SMILES string of the molecule is CCOC(=O)C1=C(C)N=c2s/c(=C\c3cc(I)cc(OC)c3OCC#N)c(=O)n2[C@H]1c1ccccc1Cl. The Hall–Kier alpha value is -3.14. The van der Waals surface area contributed by atoms with E-state index in [0.717, 1.165) is 3.57 Å². The third-order valence-electron chi connectivity index (χ3n) is 5.55. The molecule has 0 saturated heterocycles. The number of fused-ring (bicyclic) bond motifs is 1. The van der Waals surface area contributed by atoms with Gasteiger partial charge in [0.05, 0.1) is 29.5 Å². The summed E-state index contributed by atoms with van der Waals surface area (Å²) in [4.78, 5) is 31.9. The Balaban J connectivity index is 1.99. The van der Waals surface area contributed by atoms with E-state index < -0.39 is 12.0 Å². The Morgan fingerprint density at radius 2 is 2.11 bits per heavy atom. The summed E-state index contributed by atoms with van der Waals surface area (Å²) in [6.07, 6.45) is 1.67. The van der Waals surface area contributed by atoms with Crippen LogP contribution in [-0.2, 0) is 9.53 Å². The molecule has 190 valence electrons. The average molecular weight is 650 g/mol. The summed E-state index contributed by atoms with van der Waals surface area (Å²) in [7, 11) is 1.51. The number of hydrogen-bond acceptors (Lipinski definition) is 8. The van der Waals surface area contributed by atoms with Crippen molar-refractivity contribution < 1.29 is 19.0 Å². The highest BCUT2D eigenvalue weighted by Crippen LogP contribution is 2.35. The van der Waals surface area contributed by atoms with Crippen LogP contribution in [0.4, 0.5) is 0 Å². The molecule has 0 amide bonds. The van der Waals surface area contributed by atoms with Crippen LogP contribution < -0.4 is 24.4 Å². The van der Waals surface area contributed by atoms with Crippen molar-refractivity contribution in [2.45, 2.75) is 19.9 Å². The van der Waals surface area contributed by atoms with Crippen molar-refractivity contribution in [2.24, 2.45) is 4.99 Å². The second kappa shape index (κ2) is 11.5. The van der Waals surface area contributed by atoms with Gasteiger partial charge < -0.3 is 14.2 Å². The van der Waals surface area contributed by atoms with Crippen molar-refractivity contribution >= 4 is 57.6 Å². The second-order valence-corrected chi connectivity index (χ2v) is 10.5. The van der Waals surface area contributed by atoms with Crippen LogP contribution >= 0.6 is 45.5 Å². The van der Waals surface area contributed by atoms with E-state index >= 15 is 0 Å². The number of thiazole rings is 1. The first-order chi connectivity index (χ1) is 17.8. The van der Waals surface area contributed by atoms with Gasteiger partial charge in [0, 0.05) is 14.2 Å². The average Bonchev–Trinajstić information content (AvgIpc) is 3.17. The van der Waals surface area contributed by atoms with Gasteiger partial charge in [0.25, 0.3) is 5.56 Å². The van der Waals surface area contributed by atoms with Gasteiger partial charge in [-0.1, -0.05) is 41.1 Å². The molecule has 8 nitrogen and oxygen atoms in total. The fourth-order valence-corrected chi connectivity index (χ4v) is 5.93. The zero-order chi connectivity index (χ0) is 26.7. The van der Waals surface area contributed by atoms with Crippen LogP contribution in [0.3, 0.4) is 0 Å². The molecule has 1 aromatic heterocycles. The summed E-state index contributed by atoms with van der Waals surface area (Å²) in [5.41, 5.74) is 1.50. The van der Waals surface area contributed by atoms with Crippen LogP contribution in [0, 0.1) is 14.9 Å². The molecular weight excluding hydrogens is 629 g/mol. The first-order valence-electron chi connectivity index (χ1n) is 11.1. The lowest BCUT2D eigenvalue weighted by atomic mass is 9.96. The number of nitrogens with zero attached hydrogens (tertiary/aromatic N) is 3. The zero-order valence-electron chi connectivity index (χ0n) is 20.1. The number of methoxy groups -OCH3 is 1. The minimum atomic E-state index is -0.814. The molecule has 0 saturated carbocycles. The standard InChI is InChI=1S/C26H21ClIN3O5S/c1-4-35-25(33)21-14(2)30-26-31(22(21)17-7-5-6-8-18(17)27)24(32)20(37-26)12-15-11-16(28)13-19(34-3)23(15)36-10-9-29/h5-8,11-13,22H,4,10H2,1-3H3/b20-12-/t22-/m0/s1. The fraction of sp³-hybridized carbons (Fsp3) is 0.231. The molecule has 3 aromatic rings. The molecule has 0 spiro atoms. The molecule has 2 heterocycles. The van der Waals surface area contributed by atoms with Gasteiger partial charge in [-0.25, -0.2) is 9.79 Å². The van der Waals surface area contributed by atoms with Crippen molar-refractivity contribution in [1.82, 2.24) is 4.57 Å². The summed E-state index contributed by atoms with van der Waals surface area (Å²) >= 11 is 9.86. The lowest BCUT2D eigenvalue weighted by molar-refractivity contribution is -0.139. The summed E-state index contributed by atoms with van der Waals surface area (Å²) in [5, 5.41) is 9.44. The monoisotopic (exact) mass is 649 g/mol. The summed E-state index contributed by atoms with van der Waals surface area (Å²) in [6, 6.07) is 11.8. The molecule has 0 radical (unpaired) electrons. The minimum absolute atomic E-state index is 0.176. The largest absolute Gasteiger partial charge is 0.493 e. The fourth-order valence-electron chi connectivity index (χ4n) is 4.03. The van der Waals surface area contributed by atoms with Crippen molar-refractivity contribution in [2.75, 3.05) is 20.3 Å². The second-order valence-electron chi connectivity index (χ2n) is 7.80. The molecule has 0 bridgehead atoms. The van der Waals surface area contributed by atoms with Crippen molar-refractivity contribution in [1.29, 1.82) is 5.26 Å². The maximum Gasteiger partial charge on any atom is 0.338 e. The van der Waals surface area contributed by atoms with E-state index in [1.807, 2.05) is 12.1 Å². The van der Waals surface area contributed by atoms with Crippen LogP contribution in [0.1, 0.15) is 31.0 Å². The molecule has 4 rings (SSSR count). The maximum absolute atomic E-state index is 13.8. The number of carbonyl (C=O) groups excluding carboxylic acids is 1. The Kier molecular flexibility index (Phi) is 8.36. The van der Waals surface area contributed by atoms with Crippen molar-refractivity contribution in [3.05, 3.63) is 87.1 Å². The van der Waals surface area contributed by atoms with Crippen LogP contribution in [0.25, 0.3) is 6.08 Å². The summed E-state index contributed by atoms with van der Waals surface area (Å²) < 4.78 is 19.1. The Morgan fingerprint density at radius 3 is 2.78 bits per heavy atom. The number of hydrogen-bond donors (Lipinski definition) is 0. The molecule has 0 unspecified atom stereocenters. The van der Waals surface area contributed by atoms with Gasteiger partial charge in [-0.15, -0.1) is 0 Å². The number of aromatic nitrogens is 1. The number of halogens is 2. The van der Waals surface area contributed by atoms with Gasteiger partial charge in [-0.2, -0.15) is 5.26 Å². The third-order valence-corrected chi connectivity index (χ3v) is 7.50. The number of nitriles is 1. The number of ether oxygens (including phenoxy) is 3. The lowest BCUT2D eigenvalue weighted by Gasteiger charge is -2.25. The predicted molar refractivity (Wildman–Crippen MR) is 149 cm³/mol. The van der Waals surface area contributed by atoms with E-state index in [4.69, 9.17) is 31.1 Å². The number of benzene rings is 2. The molecule has 11 heteroatoms. The Labute approximate surface area is 235 Å². The number of esters is 1. The smallest absolute Gasteiger partial charge is 0.338 e. The molecule has 37 heavy (non-hydrogen) atoms. The third kappa shape index (κ3) is 5.30. The molecule has 1 atom stereocenters. The van der Waals surface area contributed by atoms with E-state index in [2.05, 4.69) is 27.6 Å². The highest BCUT2D eigenvalue weighted by Gasteiger charge is 2.34. The highest BCUT2D eigenvalue weighted by molar-refractivity contribution is 14.1. The lowest BCUT2D eigenvalue weighted by Crippen LogP contribution is -2.40. The van der Waals surface area contributed by atoms with Gasteiger partial charge in [0.15, 0.2) is 22.9 Å². The summed E-state index contributed by atoms with van der Waals surface area (Å²) in [5.74, 6) is 0.231. The van der Waals surface area contributed by atoms with E-state index in [0.29, 0.717) is 42.7 Å². The highest BCUT2D eigenvalue weighted by atomic mass is 127. The molecule has 1 aliphatic rings.